The number of phosphoric ester groups is 3. The monoisotopic (exact) mass is 911 g/mol. The number of ether oxygens (including phenoxy) is 1. The number of phosphoric acid groups is 3. The van der Waals surface area contributed by atoms with Crippen LogP contribution in [0.1, 0.15) is 45.8 Å². The summed E-state index contributed by atoms with van der Waals surface area (Å²) >= 11 is 0.873. The second kappa shape index (κ2) is 21.0. The van der Waals surface area contributed by atoms with Crippen LogP contribution < -0.4 is 16.4 Å². The largest absolute Gasteiger partial charge is 0.481 e. The minimum Gasteiger partial charge on any atom is -0.481 e. The van der Waals surface area contributed by atoms with Gasteiger partial charge in [-0.1, -0.05) is 25.6 Å². The molecule has 31 heteroatoms. The van der Waals surface area contributed by atoms with E-state index < -0.39 is 103 Å². The van der Waals surface area contributed by atoms with Gasteiger partial charge in [0.2, 0.25) is 11.8 Å². The highest BCUT2D eigenvalue weighted by Gasteiger charge is 2.50. The first kappa shape index (κ1) is 49.4. The third-order valence-corrected chi connectivity index (χ3v) is 11.9. The Balaban J connectivity index is 1.45. The van der Waals surface area contributed by atoms with E-state index in [2.05, 4.69) is 34.4 Å². The number of hydrogen-bond acceptors (Lipinski definition) is 20. The lowest BCUT2D eigenvalue weighted by atomic mass is 9.87. The van der Waals surface area contributed by atoms with Crippen molar-refractivity contribution < 1.29 is 95.5 Å². The van der Waals surface area contributed by atoms with Crippen LogP contribution in [0.3, 0.4) is 0 Å². The Morgan fingerprint density at radius 1 is 1.02 bits per heavy atom. The quantitative estimate of drug-likeness (QED) is 0.0412. The van der Waals surface area contributed by atoms with Gasteiger partial charge in [0.1, 0.15) is 36.3 Å². The van der Waals surface area contributed by atoms with Gasteiger partial charge in [-0.2, -0.15) is 4.31 Å². The third-order valence-electron chi connectivity index (χ3n) is 7.86. The number of fused-ring (bicyclic) bond motifs is 1. The molecule has 12 N–H and O–H groups in total. The molecule has 1 aliphatic heterocycles. The summed E-state index contributed by atoms with van der Waals surface area (Å²) in [6, 6.07) is 0. The van der Waals surface area contributed by atoms with Crippen molar-refractivity contribution in [3.63, 3.8) is 0 Å². The predicted molar refractivity (Wildman–Crippen MR) is 195 cm³/mol. The minimum atomic E-state index is -5.60. The molecule has 2 aromatic heterocycles. The first-order valence-corrected chi connectivity index (χ1v) is 22.3. The molecule has 2 aromatic rings. The molecule has 0 bridgehead atoms. The number of nitrogen functional groups attached to an aromatic ring is 1. The zero-order valence-corrected chi connectivity index (χ0v) is 34.1. The van der Waals surface area contributed by atoms with Gasteiger partial charge in [0, 0.05) is 37.1 Å². The van der Waals surface area contributed by atoms with E-state index in [1.807, 2.05) is 0 Å². The van der Waals surface area contributed by atoms with E-state index in [4.69, 9.17) is 24.6 Å². The van der Waals surface area contributed by atoms with Gasteiger partial charge in [-0.15, -0.1) is 0 Å². The number of amides is 2. The van der Waals surface area contributed by atoms with Gasteiger partial charge < -0.3 is 61.1 Å². The fourth-order valence-electron chi connectivity index (χ4n) is 4.96. The van der Waals surface area contributed by atoms with Gasteiger partial charge in [0.15, 0.2) is 22.8 Å². The van der Waals surface area contributed by atoms with E-state index in [1.54, 1.807) is 0 Å². The first-order valence-electron chi connectivity index (χ1n) is 16.8. The fraction of sp³-hybridized carbons (Fsp3) is 0.667. The van der Waals surface area contributed by atoms with Gasteiger partial charge in [-0.25, -0.2) is 28.6 Å². The Morgan fingerprint density at radius 3 is 2.34 bits per heavy atom. The highest BCUT2D eigenvalue weighted by Crippen LogP contribution is 2.61. The first-order chi connectivity index (χ1) is 26.8. The molecule has 8 atom stereocenters. The average molecular weight is 912 g/mol. The number of anilines is 1. The summed E-state index contributed by atoms with van der Waals surface area (Å²) in [6.07, 6.45) is -8.86. The highest BCUT2D eigenvalue weighted by molar-refractivity contribution is 8.13. The van der Waals surface area contributed by atoms with E-state index in [0.29, 0.717) is 0 Å². The van der Waals surface area contributed by atoms with Crippen LogP contribution in [0.15, 0.2) is 12.7 Å². The minimum absolute atomic E-state index is 0.0164. The van der Waals surface area contributed by atoms with E-state index in [1.165, 1.54) is 13.8 Å². The maximum Gasteiger partial charge on any atom is 0.481 e. The summed E-state index contributed by atoms with van der Waals surface area (Å²) < 4.78 is 62.0. The number of rotatable bonds is 24. The molecule has 1 saturated heterocycles. The molecule has 3 rings (SSSR count). The van der Waals surface area contributed by atoms with Crippen molar-refractivity contribution in [1.29, 1.82) is 0 Å². The zero-order chi connectivity index (χ0) is 43.6. The Kier molecular flexibility index (Phi) is 17.9. The van der Waals surface area contributed by atoms with Crippen LogP contribution in [0.25, 0.3) is 11.2 Å². The van der Waals surface area contributed by atoms with Gasteiger partial charge in [-0.05, 0) is 6.42 Å². The predicted octanol–water partition coefficient (Wildman–Crippen LogP) is -1.72. The molecule has 0 radical (unpaired) electrons. The molecular formula is C27H44N7O20P3S. The van der Waals surface area contributed by atoms with Gasteiger partial charge >= 0.3 is 29.4 Å². The number of hydrogen-bond donors (Lipinski definition) is 11. The number of aliphatic carboxylic acids is 1. The number of carboxylic acid groups (broad SMARTS) is 1. The summed E-state index contributed by atoms with van der Waals surface area (Å²) in [5, 5.41) is 44.0. The average Bonchev–Trinajstić information content (AvgIpc) is 3.66. The van der Waals surface area contributed by atoms with E-state index >= 15 is 0 Å². The molecule has 4 unspecified atom stereocenters. The van der Waals surface area contributed by atoms with Crippen molar-refractivity contribution >= 4 is 75.1 Å². The number of nitrogens with two attached hydrogens (primary N) is 1. The van der Waals surface area contributed by atoms with Crippen molar-refractivity contribution in [2.75, 3.05) is 37.8 Å². The number of imidazole rings is 1. The number of nitrogens with one attached hydrogen (secondary N) is 2. The summed E-state index contributed by atoms with van der Waals surface area (Å²) in [4.78, 5) is 97.9. The summed E-state index contributed by atoms with van der Waals surface area (Å²) in [6.45, 7) is 0.172. The molecule has 0 spiro atoms. The van der Waals surface area contributed by atoms with Crippen LogP contribution in [0, 0.1) is 5.41 Å². The standard InChI is InChI=1S/C27H44N7O20P3S/c1-27(2,22(41)25(42)30-6-5-16(36)29-7-8-58-18(39)4-3-14(35)9-17(37)38)11-51-57(48,49)54-56(46,47)50-10-15-21(53-55(43,44)45)20(40)26(52-15)34-13-33-19-23(28)31-12-32-24(19)34/h12-15,20-22,26,35,40-41H,3-11H2,1-2H3,(H,29,36)(H,30,42)(H,37,38)(H,46,47)(H,48,49)(H2,28,31,32)(H2,43,44,45)/t14?,15-,20-,21-,22?,26-/m1/s1. The number of carbonyl (C=O) groups excluding carboxylic acids is 3. The fourth-order valence-corrected chi connectivity index (χ4v) is 8.48. The lowest BCUT2D eigenvalue weighted by molar-refractivity contribution is -0.139. The van der Waals surface area contributed by atoms with Gasteiger partial charge in [-0.3, -0.25) is 37.3 Å². The molecule has 1 fully saturated rings. The topological polar surface area (TPSA) is 421 Å². The smallest absolute Gasteiger partial charge is 0.481 e. The van der Waals surface area contributed by atoms with E-state index in [9.17, 15) is 67.8 Å². The van der Waals surface area contributed by atoms with Crippen LogP contribution in [0.2, 0.25) is 0 Å². The van der Waals surface area contributed by atoms with E-state index in [-0.39, 0.29) is 60.2 Å². The SMILES string of the molecule is CC(C)(COP(=O)(O)OP(=O)(O)OC[C@H]1O[C@@H](n2cnc3c(N)ncnc32)[C@H](O)[C@@H]1OP(=O)(O)O)C(O)C(=O)NCCC(=O)NCCSC(=O)CCC(O)CC(=O)O. The van der Waals surface area contributed by atoms with Crippen LogP contribution in [0.4, 0.5) is 5.82 Å². The lowest BCUT2D eigenvalue weighted by Gasteiger charge is -2.30. The van der Waals surface area contributed by atoms with Crippen molar-refractivity contribution in [3.05, 3.63) is 12.7 Å². The number of aliphatic hydroxyl groups excluding tert-OH is 3. The van der Waals surface area contributed by atoms with Crippen LogP contribution >= 0.6 is 35.2 Å². The molecule has 2 amide bonds. The normalized spacial score (nSPS) is 21.8. The number of aliphatic hydroxyl groups is 3. The lowest BCUT2D eigenvalue weighted by Crippen LogP contribution is -2.46. The number of carboxylic acids is 1. The number of carbonyl (C=O) groups is 4. The van der Waals surface area contributed by atoms with Crippen molar-refractivity contribution in [1.82, 2.24) is 30.2 Å². The maximum absolute atomic E-state index is 12.7. The second-order valence-electron chi connectivity index (χ2n) is 13.1. The summed E-state index contributed by atoms with van der Waals surface area (Å²) in [5.41, 5.74) is 4.18. The third kappa shape index (κ3) is 15.5. The van der Waals surface area contributed by atoms with Gasteiger partial charge in [0.25, 0.3) is 0 Å². The van der Waals surface area contributed by atoms with Crippen molar-refractivity contribution in [2.24, 2.45) is 5.41 Å². The number of nitrogens with zero attached hydrogens (tertiary/aromatic N) is 4. The molecule has 0 saturated carbocycles. The summed E-state index contributed by atoms with van der Waals surface area (Å²) in [7, 11) is -16.5. The maximum atomic E-state index is 12.7. The molecule has 0 aliphatic carbocycles. The highest BCUT2D eigenvalue weighted by atomic mass is 32.2. The van der Waals surface area contributed by atoms with Gasteiger partial charge in [0.05, 0.1) is 32.1 Å². The second-order valence-corrected chi connectivity index (χ2v) is 18.5. The summed E-state index contributed by atoms with van der Waals surface area (Å²) in [5.74, 6) is -2.62. The molecule has 0 aromatic carbocycles. The Bertz CT molecular complexity index is 1920. The Labute approximate surface area is 332 Å². The number of aromatic nitrogens is 4. The van der Waals surface area contributed by atoms with E-state index in [0.717, 1.165) is 29.0 Å². The Hall–Kier alpha value is -3.01. The van der Waals surface area contributed by atoms with Crippen LogP contribution in [0.5, 0.6) is 0 Å². The molecule has 1 aliphatic rings. The number of thioether (sulfide) groups is 1. The molecule has 328 valence electrons. The van der Waals surface area contributed by atoms with Crippen LogP contribution in [-0.2, 0) is 55.5 Å². The van der Waals surface area contributed by atoms with Crippen molar-refractivity contribution in [3.8, 4) is 0 Å². The van der Waals surface area contributed by atoms with Crippen molar-refractivity contribution in [2.45, 2.75) is 76.3 Å². The Morgan fingerprint density at radius 2 is 1.69 bits per heavy atom. The molecule has 58 heavy (non-hydrogen) atoms. The zero-order valence-electron chi connectivity index (χ0n) is 30.6. The van der Waals surface area contributed by atoms with Crippen LogP contribution in [-0.4, -0.2) is 145 Å². The molecular weight excluding hydrogens is 867 g/mol. The molecule has 27 nitrogen and oxygen atoms in total. The molecule has 3 heterocycles.